The van der Waals surface area contributed by atoms with Crippen molar-refractivity contribution < 1.29 is 13.2 Å². The van der Waals surface area contributed by atoms with Crippen molar-refractivity contribution in [1.29, 1.82) is 5.26 Å². The maximum absolute atomic E-state index is 14.2. The topological polar surface area (TPSA) is 93.5 Å². The van der Waals surface area contributed by atoms with Crippen LogP contribution in [0.3, 0.4) is 0 Å². The van der Waals surface area contributed by atoms with Gasteiger partial charge in [-0.2, -0.15) is 5.26 Å². The van der Waals surface area contributed by atoms with E-state index in [1.54, 1.807) is 23.1 Å². The third-order valence-electron chi connectivity index (χ3n) is 9.09. The molecule has 1 N–H and O–H groups in total. The van der Waals surface area contributed by atoms with Crippen LogP contribution >= 0.6 is 35.0 Å². The molecule has 0 unspecified atom stereocenters. The van der Waals surface area contributed by atoms with Gasteiger partial charge in [-0.15, -0.1) is 11.8 Å². The molecule has 1 aliphatic heterocycles. The molecule has 0 radical (unpaired) electrons. The summed E-state index contributed by atoms with van der Waals surface area (Å²) in [5.74, 6) is -0.00498. The van der Waals surface area contributed by atoms with Gasteiger partial charge in [-0.05, 0) is 104 Å². The van der Waals surface area contributed by atoms with Crippen LogP contribution in [0.25, 0.3) is 10.8 Å². The molecule has 4 aromatic carbocycles. The number of hydrogen-bond donors (Lipinski definition) is 1. The number of carbonyl (C=O) groups excluding carboxylic acids is 1. The van der Waals surface area contributed by atoms with Gasteiger partial charge in [0, 0.05) is 24.4 Å². The Labute approximate surface area is 291 Å². The van der Waals surface area contributed by atoms with E-state index in [0.717, 1.165) is 60.8 Å². The van der Waals surface area contributed by atoms with Crippen molar-refractivity contribution in [2.75, 3.05) is 46.5 Å². The minimum absolute atomic E-state index is 0.0268. The maximum Gasteiger partial charge on any atom is 0.255 e. The van der Waals surface area contributed by atoms with E-state index in [-0.39, 0.29) is 17.7 Å². The van der Waals surface area contributed by atoms with E-state index in [9.17, 15) is 18.5 Å². The lowest BCUT2D eigenvalue weighted by molar-refractivity contribution is 0.0780. The lowest BCUT2D eigenvalue weighted by atomic mass is 9.88. The summed E-state index contributed by atoms with van der Waals surface area (Å²) in [4.78, 5) is 19.4. The molecule has 4 aromatic rings. The van der Waals surface area contributed by atoms with Crippen molar-refractivity contribution >= 4 is 61.7 Å². The number of piperidine rings is 1. The van der Waals surface area contributed by atoms with Crippen LogP contribution in [-0.4, -0.2) is 70.7 Å². The van der Waals surface area contributed by atoms with Gasteiger partial charge in [0.25, 0.3) is 5.91 Å². The van der Waals surface area contributed by atoms with Crippen LogP contribution < -0.4 is 4.72 Å². The molecule has 0 aliphatic carbocycles. The summed E-state index contributed by atoms with van der Waals surface area (Å²) >= 11 is 14.2. The van der Waals surface area contributed by atoms with Crippen LogP contribution in [0.15, 0.2) is 82.6 Å². The summed E-state index contributed by atoms with van der Waals surface area (Å²) in [6.45, 7) is 2.93. The molecule has 1 amide bonds. The van der Waals surface area contributed by atoms with Crippen LogP contribution in [0.4, 0.5) is 0 Å². The van der Waals surface area contributed by atoms with Crippen LogP contribution in [0, 0.1) is 11.3 Å². The second-order valence-electron chi connectivity index (χ2n) is 11.9. The third-order valence-corrected chi connectivity index (χ3v) is 12.2. The Morgan fingerprint density at radius 2 is 1.77 bits per heavy atom. The molecule has 5 rings (SSSR count). The van der Waals surface area contributed by atoms with Crippen molar-refractivity contribution in [2.24, 2.45) is 0 Å². The summed E-state index contributed by atoms with van der Waals surface area (Å²) in [6.07, 6.45) is 4.37. The Balaban J connectivity index is 1.34. The largest absolute Gasteiger partial charge is 0.341 e. The fourth-order valence-corrected chi connectivity index (χ4v) is 8.60. The van der Waals surface area contributed by atoms with E-state index >= 15 is 0 Å². The number of sulfonamides is 1. The lowest BCUT2D eigenvalue weighted by Crippen LogP contribution is -2.36. The maximum atomic E-state index is 14.2. The highest BCUT2D eigenvalue weighted by Gasteiger charge is 2.28. The Kier molecular flexibility index (Phi) is 11.5. The van der Waals surface area contributed by atoms with E-state index in [0.29, 0.717) is 37.5 Å². The fourth-order valence-electron chi connectivity index (χ4n) is 6.55. The third kappa shape index (κ3) is 7.80. The summed E-state index contributed by atoms with van der Waals surface area (Å²) in [6, 6.07) is 24.7. The Bertz CT molecular complexity index is 1920. The molecule has 246 valence electrons. The molecule has 1 aliphatic rings. The number of amides is 1. The first-order valence-electron chi connectivity index (χ1n) is 15.5. The summed E-state index contributed by atoms with van der Waals surface area (Å²) in [5.41, 5.74) is 2.91. The molecule has 1 fully saturated rings. The monoisotopic (exact) mass is 708 g/mol. The number of hydrogen-bond acceptors (Lipinski definition) is 6. The summed E-state index contributed by atoms with van der Waals surface area (Å²) in [5, 5.41) is 12.5. The molecular weight excluding hydrogens is 671 g/mol. The van der Waals surface area contributed by atoms with E-state index in [1.165, 1.54) is 18.8 Å². The van der Waals surface area contributed by atoms with E-state index in [1.807, 2.05) is 67.9 Å². The van der Waals surface area contributed by atoms with Gasteiger partial charge in [-0.1, -0.05) is 71.7 Å². The molecule has 1 atom stereocenters. The quantitative estimate of drug-likeness (QED) is 0.160. The number of thioether (sulfide) groups is 1. The number of nitriles is 1. The molecule has 47 heavy (non-hydrogen) atoms. The van der Waals surface area contributed by atoms with Gasteiger partial charge in [0.15, 0.2) is 0 Å². The van der Waals surface area contributed by atoms with Crippen LogP contribution in [0.5, 0.6) is 0 Å². The van der Waals surface area contributed by atoms with E-state index < -0.39 is 10.0 Å². The van der Waals surface area contributed by atoms with Gasteiger partial charge in [0.2, 0.25) is 10.0 Å². The smallest absolute Gasteiger partial charge is 0.255 e. The molecule has 1 saturated heterocycles. The normalized spacial score (nSPS) is 15.0. The average Bonchev–Trinajstić information content (AvgIpc) is 3.10. The number of benzene rings is 4. The zero-order valence-electron chi connectivity index (χ0n) is 26.7. The van der Waals surface area contributed by atoms with Gasteiger partial charge in [-0.25, -0.2) is 13.1 Å². The highest BCUT2D eigenvalue weighted by Crippen LogP contribution is 2.36. The zero-order chi connectivity index (χ0) is 33.7. The molecule has 0 saturated carbocycles. The SMILES string of the molecule is CNS(=O)(=O)c1ccccc1C1CCN(CC[C@H](CN(C)C(=O)c2c(SC)c(C#N)cc3ccccc23)c2ccc(Cl)c(Cl)c2)CC1. The van der Waals surface area contributed by atoms with Crippen molar-refractivity contribution in [3.63, 3.8) is 0 Å². The van der Waals surface area contributed by atoms with E-state index in [4.69, 9.17) is 23.2 Å². The van der Waals surface area contributed by atoms with Crippen molar-refractivity contribution in [3.05, 3.63) is 105 Å². The molecule has 1 heterocycles. The number of carbonyl (C=O) groups is 1. The average molecular weight is 710 g/mol. The number of likely N-dealkylation sites (tertiary alicyclic amines) is 1. The Morgan fingerprint density at radius 1 is 1.06 bits per heavy atom. The standard InChI is InChI=1S/C36H38Cl2N4O3S2/c1-40-47(44,45)33-11-7-6-9-29(33)24-14-17-42(18-15-24)19-16-27(25-12-13-31(37)32(38)21-25)23-41(2)36(43)34-30-10-5-4-8-26(30)20-28(22-39)35(34)46-3/h4-13,20-21,24,27,40H,14-19,23H2,1-3H3/t27-/m1/s1. The Morgan fingerprint density at radius 3 is 2.45 bits per heavy atom. The van der Waals surface area contributed by atoms with E-state index in [2.05, 4.69) is 15.7 Å². The predicted octanol–water partition coefficient (Wildman–Crippen LogP) is 7.77. The summed E-state index contributed by atoms with van der Waals surface area (Å²) in [7, 11) is -0.289. The number of halogens is 2. The number of likely N-dealkylation sites (N-methyl/N-ethyl adjacent to an activating group) is 1. The van der Waals surface area contributed by atoms with Crippen molar-refractivity contribution in [3.8, 4) is 6.07 Å². The minimum atomic E-state index is -3.54. The fraction of sp³-hybridized carbons (Fsp3) is 0.333. The first-order chi connectivity index (χ1) is 22.6. The van der Waals surface area contributed by atoms with Crippen LogP contribution in [0.2, 0.25) is 10.0 Å². The van der Waals surface area contributed by atoms with Crippen molar-refractivity contribution in [1.82, 2.24) is 14.5 Å². The Hall–Kier alpha value is -3.10. The molecule has 0 spiro atoms. The van der Waals surface area contributed by atoms with Gasteiger partial charge < -0.3 is 9.80 Å². The zero-order valence-corrected chi connectivity index (χ0v) is 29.8. The predicted molar refractivity (Wildman–Crippen MR) is 192 cm³/mol. The highest BCUT2D eigenvalue weighted by molar-refractivity contribution is 7.98. The van der Waals surface area contributed by atoms with Gasteiger partial charge >= 0.3 is 0 Å². The van der Waals surface area contributed by atoms with Gasteiger partial charge in [-0.3, -0.25) is 4.79 Å². The number of rotatable bonds is 11. The molecule has 0 bridgehead atoms. The molecular formula is C36H38Cl2N4O3S2. The lowest BCUT2D eigenvalue weighted by Gasteiger charge is -2.34. The summed E-state index contributed by atoms with van der Waals surface area (Å²) < 4.78 is 27.8. The molecule has 11 heteroatoms. The highest BCUT2D eigenvalue weighted by atomic mass is 35.5. The van der Waals surface area contributed by atoms with Crippen LogP contribution in [0.1, 0.15) is 58.1 Å². The first-order valence-corrected chi connectivity index (χ1v) is 19.0. The molecule has 0 aromatic heterocycles. The second-order valence-corrected chi connectivity index (χ2v) is 15.4. The number of nitrogens with zero attached hydrogens (tertiary/aromatic N) is 3. The number of nitrogens with one attached hydrogen (secondary N) is 1. The first kappa shape index (κ1) is 35.2. The van der Waals surface area contributed by atoms with Gasteiger partial charge in [0.05, 0.1) is 26.1 Å². The molecule has 7 nitrogen and oxygen atoms in total. The number of fused-ring (bicyclic) bond motifs is 1. The van der Waals surface area contributed by atoms with Gasteiger partial charge in [0.1, 0.15) is 6.07 Å². The van der Waals surface area contributed by atoms with Crippen LogP contribution in [-0.2, 0) is 10.0 Å². The van der Waals surface area contributed by atoms with Crippen molar-refractivity contribution in [2.45, 2.75) is 40.9 Å². The minimum Gasteiger partial charge on any atom is -0.341 e. The second kappa shape index (κ2) is 15.4.